The molecule has 2 heterocycles. The van der Waals surface area contributed by atoms with Crippen LogP contribution in [-0.4, -0.2) is 63.9 Å². The van der Waals surface area contributed by atoms with Gasteiger partial charge < -0.3 is 19.1 Å². The average molecular weight is 413 g/mol. The summed E-state index contributed by atoms with van der Waals surface area (Å²) in [6, 6.07) is 8.93. The summed E-state index contributed by atoms with van der Waals surface area (Å²) in [6.07, 6.45) is 3.30. The first-order valence-corrected chi connectivity index (χ1v) is 11.3. The first-order valence-electron chi connectivity index (χ1n) is 9.49. The Morgan fingerprint density at radius 1 is 1.25 bits per heavy atom. The zero-order valence-electron chi connectivity index (χ0n) is 16.0. The van der Waals surface area contributed by atoms with Crippen molar-refractivity contribution in [2.75, 3.05) is 26.0 Å². The molecule has 0 aliphatic carbocycles. The molecular weight excluding hydrogens is 386 g/mol. The zero-order chi connectivity index (χ0) is 20.0. The van der Waals surface area contributed by atoms with Gasteiger partial charge >= 0.3 is 6.09 Å². The minimum atomic E-state index is -3.60. The molecule has 8 nitrogen and oxygen atoms in total. The van der Waals surface area contributed by atoms with Crippen LogP contribution in [0.25, 0.3) is 0 Å². The molecule has 3 rings (SSSR count). The van der Waals surface area contributed by atoms with Crippen molar-refractivity contribution in [1.82, 2.24) is 4.90 Å². The van der Waals surface area contributed by atoms with Gasteiger partial charge in [-0.05, 0) is 31.2 Å². The molecule has 2 aliphatic rings. The first kappa shape index (κ1) is 21.0. The Morgan fingerprint density at radius 3 is 2.71 bits per heavy atom. The highest BCUT2D eigenvalue weighted by molar-refractivity contribution is 7.85. The normalized spacial score (nSPS) is 25.6. The number of hydrogen-bond acceptors (Lipinski definition) is 7. The van der Waals surface area contributed by atoms with Crippen molar-refractivity contribution in [3.05, 3.63) is 35.9 Å². The number of hydrogen-bond donors (Lipinski definition) is 0. The lowest BCUT2D eigenvalue weighted by Gasteiger charge is -2.25. The summed E-state index contributed by atoms with van der Waals surface area (Å²) in [5, 5.41) is 0. The lowest BCUT2D eigenvalue weighted by molar-refractivity contribution is -0.185. The molecule has 1 aromatic carbocycles. The highest BCUT2D eigenvalue weighted by Gasteiger charge is 2.39. The van der Waals surface area contributed by atoms with Gasteiger partial charge in [-0.15, -0.1) is 0 Å². The van der Waals surface area contributed by atoms with Crippen molar-refractivity contribution < 1.29 is 31.6 Å². The fraction of sp³-hybridized carbons (Fsp3) is 0.632. The van der Waals surface area contributed by atoms with Crippen LogP contribution in [-0.2, 0) is 35.1 Å². The quantitative estimate of drug-likeness (QED) is 0.633. The van der Waals surface area contributed by atoms with Crippen molar-refractivity contribution in [2.24, 2.45) is 0 Å². The van der Waals surface area contributed by atoms with Gasteiger partial charge in [-0.3, -0.25) is 4.18 Å². The topological polar surface area (TPSA) is 91.4 Å². The van der Waals surface area contributed by atoms with E-state index in [-0.39, 0.29) is 25.6 Å². The maximum absolute atomic E-state index is 12.6. The monoisotopic (exact) mass is 413 g/mol. The molecule has 2 saturated heterocycles. The molecule has 0 radical (unpaired) electrons. The van der Waals surface area contributed by atoms with E-state index in [1.54, 1.807) is 0 Å². The van der Waals surface area contributed by atoms with Crippen LogP contribution in [0.2, 0.25) is 0 Å². The van der Waals surface area contributed by atoms with Crippen molar-refractivity contribution in [2.45, 2.75) is 50.7 Å². The number of likely N-dealkylation sites (tertiary alicyclic amines) is 1. The minimum Gasteiger partial charge on any atom is -0.445 e. The third-order valence-corrected chi connectivity index (χ3v) is 5.34. The van der Waals surface area contributed by atoms with Gasteiger partial charge in [-0.2, -0.15) is 8.42 Å². The van der Waals surface area contributed by atoms with Gasteiger partial charge in [0.1, 0.15) is 6.61 Å². The van der Waals surface area contributed by atoms with Gasteiger partial charge in [0.2, 0.25) is 0 Å². The number of amides is 1. The van der Waals surface area contributed by atoms with Gasteiger partial charge in [-0.25, -0.2) is 4.79 Å². The second kappa shape index (κ2) is 9.69. The summed E-state index contributed by atoms with van der Waals surface area (Å²) < 4.78 is 44.7. The maximum atomic E-state index is 12.6. The van der Waals surface area contributed by atoms with Crippen LogP contribution in [0.1, 0.15) is 31.2 Å². The van der Waals surface area contributed by atoms with Gasteiger partial charge in [-0.1, -0.05) is 30.3 Å². The lowest BCUT2D eigenvalue weighted by atomic mass is 10.2. The van der Waals surface area contributed by atoms with Crippen LogP contribution < -0.4 is 0 Å². The second-order valence-corrected chi connectivity index (χ2v) is 8.77. The van der Waals surface area contributed by atoms with Gasteiger partial charge in [0.25, 0.3) is 10.1 Å². The Morgan fingerprint density at radius 2 is 2.04 bits per heavy atom. The predicted molar refractivity (Wildman–Crippen MR) is 101 cm³/mol. The van der Waals surface area contributed by atoms with Crippen LogP contribution in [0, 0.1) is 0 Å². The van der Waals surface area contributed by atoms with E-state index < -0.39 is 22.3 Å². The molecule has 0 bridgehead atoms. The van der Waals surface area contributed by atoms with Crippen LogP contribution in [0.5, 0.6) is 0 Å². The second-order valence-electron chi connectivity index (χ2n) is 7.12. The third kappa shape index (κ3) is 6.44. The lowest BCUT2D eigenvalue weighted by Crippen LogP contribution is -2.39. The number of carbonyl (C=O) groups is 1. The molecule has 0 N–H and O–H groups in total. The van der Waals surface area contributed by atoms with E-state index in [0.29, 0.717) is 19.6 Å². The van der Waals surface area contributed by atoms with E-state index >= 15 is 0 Å². The number of nitrogens with zero attached hydrogens (tertiary/aromatic N) is 1. The smallest absolute Gasteiger partial charge is 0.410 e. The zero-order valence-corrected chi connectivity index (χ0v) is 16.8. The third-order valence-electron chi connectivity index (χ3n) is 4.77. The van der Waals surface area contributed by atoms with Crippen molar-refractivity contribution in [3.8, 4) is 0 Å². The van der Waals surface area contributed by atoms with Crippen molar-refractivity contribution >= 4 is 16.2 Å². The van der Waals surface area contributed by atoms with E-state index in [2.05, 4.69) is 0 Å². The number of carbonyl (C=O) groups excluding carboxylic acids is 1. The molecule has 28 heavy (non-hydrogen) atoms. The van der Waals surface area contributed by atoms with Crippen LogP contribution in [0.15, 0.2) is 30.3 Å². The summed E-state index contributed by atoms with van der Waals surface area (Å²) in [4.78, 5) is 14.1. The Bertz CT molecular complexity index is 734. The van der Waals surface area contributed by atoms with Crippen LogP contribution in [0.4, 0.5) is 4.79 Å². The fourth-order valence-electron chi connectivity index (χ4n) is 3.39. The average Bonchev–Trinajstić information content (AvgIpc) is 3.08. The predicted octanol–water partition coefficient (Wildman–Crippen LogP) is 2.29. The van der Waals surface area contributed by atoms with Crippen molar-refractivity contribution in [1.29, 1.82) is 0 Å². The molecule has 2 aliphatic heterocycles. The summed E-state index contributed by atoms with van der Waals surface area (Å²) in [6.45, 7) is 1.00. The standard InChI is InChI=1S/C19H27NO7S/c1-28(22,23)26-14-16-11-17(27-18-9-5-6-10-24-18)12-20(16)19(21)25-13-15-7-3-2-4-8-15/h2-4,7-8,16-18H,5-6,9-14H2,1H3/t16-,17+,18?/m1/s1. The molecule has 1 amide bonds. The van der Waals surface area contributed by atoms with Gasteiger partial charge in [0, 0.05) is 6.61 Å². The molecule has 2 fully saturated rings. The molecule has 9 heteroatoms. The van der Waals surface area contributed by atoms with Crippen molar-refractivity contribution in [3.63, 3.8) is 0 Å². The Labute approximate surface area is 165 Å². The highest BCUT2D eigenvalue weighted by Crippen LogP contribution is 2.26. The molecule has 0 spiro atoms. The van der Waals surface area contributed by atoms with Crippen LogP contribution in [0.3, 0.4) is 0 Å². The van der Waals surface area contributed by atoms with Gasteiger partial charge in [0.05, 0.1) is 31.6 Å². The summed E-state index contributed by atoms with van der Waals surface area (Å²) >= 11 is 0. The van der Waals surface area contributed by atoms with E-state index in [9.17, 15) is 13.2 Å². The molecule has 3 atom stereocenters. The Hall–Kier alpha value is -1.68. The van der Waals surface area contributed by atoms with Gasteiger partial charge in [0.15, 0.2) is 6.29 Å². The number of benzene rings is 1. The molecule has 1 aromatic rings. The number of ether oxygens (including phenoxy) is 3. The Kier molecular flexibility index (Phi) is 7.28. The van der Waals surface area contributed by atoms with E-state index in [0.717, 1.165) is 31.1 Å². The summed E-state index contributed by atoms with van der Waals surface area (Å²) in [7, 11) is -3.60. The molecule has 0 aromatic heterocycles. The maximum Gasteiger partial charge on any atom is 0.410 e. The summed E-state index contributed by atoms with van der Waals surface area (Å²) in [5.41, 5.74) is 0.877. The number of rotatable bonds is 7. The van der Waals surface area contributed by atoms with E-state index in [1.165, 1.54) is 4.90 Å². The minimum absolute atomic E-state index is 0.120. The SMILES string of the molecule is CS(=O)(=O)OC[C@H]1C[C@H](OC2CCCCO2)CN1C(=O)OCc1ccccc1. The largest absolute Gasteiger partial charge is 0.445 e. The van der Waals surface area contributed by atoms with Crippen LogP contribution >= 0.6 is 0 Å². The molecule has 0 saturated carbocycles. The highest BCUT2D eigenvalue weighted by atomic mass is 32.2. The van der Waals surface area contributed by atoms with E-state index in [1.807, 2.05) is 30.3 Å². The Balaban J connectivity index is 1.59. The molecule has 1 unspecified atom stereocenters. The molecule has 156 valence electrons. The first-order chi connectivity index (χ1) is 13.4. The van der Waals surface area contributed by atoms with E-state index in [4.69, 9.17) is 18.4 Å². The summed E-state index contributed by atoms with van der Waals surface area (Å²) in [5.74, 6) is 0. The fourth-order valence-corrected chi connectivity index (χ4v) is 3.80. The molecular formula is C19H27NO7S.